The highest BCUT2D eigenvalue weighted by atomic mass is 19.4. The summed E-state index contributed by atoms with van der Waals surface area (Å²) in [4.78, 5) is 28.0. The van der Waals surface area contributed by atoms with Gasteiger partial charge in [0.05, 0.1) is 57.5 Å². The average molecular weight is 679 g/mol. The number of aliphatic hydroxyl groups excluding tert-OH is 1. The van der Waals surface area contributed by atoms with Gasteiger partial charge < -0.3 is 9.84 Å². The largest absolute Gasteiger partial charge is 0.416 e. The number of alkyl halides is 3. The van der Waals surface area contributed by atoms with Crippen LogP contribution in [0.25, 0.3) is 22.8 Å². The van der Waals surface area contributed by atoms with E-state index in [1.807, 2.05) is 20.8 Å². The number of ether oxygens (including phenoxy) is 1. The summed E-state index contributed by atoms with van der Waals surface area (Å²) in [5.74, 6) is -0.101. The van der Waals surface area contributed by atoms with Crippen LogP contribution in [-0.2, 0) is 10.9 Å². The number of aliphatic hydroxyl groups is 1. The molecule has 10 nitrogen and oxygen atoms in total. The first kappa shape index (κ1) is 35.8. The van der Waals surface area contributed by atoms with E-state index in [-0.39, 0.29) is 29.5 Å². The van der Waals surface area contributed by atoms with Crippen LogP contribution in [0.2, 0.25) is 0 Å². The summed E-state index contributed by atoms with van der Waals surface area (Å²) in [6, 6.07) is 14.9. The van der Waals surface area contributed by atoms with E-state index in [1.54, 1.807) is 37.3 Å². The molecule has 0 bridgehead atoms. The smallest absolute Gasteiger partial charge is 0.356 e. The van der Waals surface area contributed by atoms with Crippen LogP contribution in [-0.4, -0.2) is 48.0 Å². The van der Waals surface area contributed by atoms with Gasteiger partial charge in [0.15, 0.2) is 0 Å². The zero-order valence-electron chi connectivity index (χ0n) is 28.0. The Balaban J connectivity index is 1.40. The fraction of sp³-hybridized carbons (Fsp3) is 0.444. The number of carbonyl (C=O) groups is 1. The molecule has 1 atom stereocenters. The molecule has 2 aromatic heterocycles. The van der Waals surface area contributed by atoms with Crippen LogP contribution < -0.4 is 11.0 Å². The van der Waals surface area contributed by atoms with Crippen molar-refractivity contribution in [3.05, 3.63) is 88.1 Å². The van der Waals surface area contributed by atoms with Crippen molar-refractivity contribution in [3.63, 3.8) is 0 Å². The monoisotopic (exact) mass is 678 g/mol. The Morgan fingerprint density at radius 2 is 1.78 bits per heavy atom. The van der Waals surface area contributed by atoms with Gasteiger partial charge in [-0.05, 0) is 121 Å². The van der Waals surface area contributed by atoms with Crippen LogP contribution in [0.4, 0.5) is 13.2 Å². The normalized spacial score (nSPS) is 17.5. The Labute approximate surface area is 282 Å². The predicted octanol–water partition coefficient (Wildman–Crippen LogP) is 6.74. The molecular weight excluding hydrogens is 637 g/mol. The van der Waals surface area contributed by atoms with Crippen LogP contribution in [0.15, 0.2) is 65.6 Å². The number of aromatic nitrogens is 4. The maximum absolute atomic E-state index is 14.0. The molecule has 2 aromatic carbocycles. The lowest BCUT2D eigenvalue weighted by Gasteiger charge is -2.32. The zero-order valence-corrected chi connectivity index (χ0v) is 28.0. The van der Waals surface area contributed by atoms with Gasteiger partial charge in [-0.25, -0.2) is 14.0 Å². The Morgan fingerprint density at radius 1 is 1.08 bits per heavy atom. The van der Waals surface area contributed by atoms with Gasteiger partial charge in [0.1, 0.15) is 0 Å². The second kappa shape index (κ2) is 14.5. The van der Waals surface area contributed by atoms with E-state index in [2.05, 4.69) is 16.5 Å². The van der Waals surface area contributed by atoms with Gasteiger partial charge >= 0.3 is 11.9 Å². The Kier molecular flexibility index (Phi) is 10.6. The second-order valence-corrected chi connectivity index (χ2v) is 13.5. The summed E-state index contributed by atoms with van der Waals surface area (Å²) in [6.07, 6.45) is 0.697. The van der Waals surface area contributed by atoms with Crippen LogP contribution >= 0.6 is 0 Å². The minimum Gasteiger partial charge on any atom is -0.356 e. The van der Waals surface area contributed by atoms with Crippen molar-refractivity contribution >= 4 is 5.91 Å². The number of imidazole rings is 1. The number of rotatable bonds is 10. The molecule has 260 valence electrons. The van der Waals surface area contributed by atoms with Gasteiger partial charge in [-0.2, -0.15) is 23.5 Å². The van der Waals surface area contributed by atoms with Crippen molar-refractivity contribution in [2.24, 2.45) is 5.92 Å². The van der Waals surface area contributed by atoms with Gasteiger partial charge in [0.25, 0.3) is 0 Å². The molecule has 2 N–H and O–H groups in total. The molecule has 1 aliphatic rings. The first-order chi connectivity index (χ1) is 23.2. The number of nitrogens with zero attached hydrogens (tertiary/aromatic N) is 5. The maximum Gasteiger partial charge on any atom is 0.416 e. The molecule has 0 saturated heterocycles. The molecule has 0 spiro atoms. The molecule has 1 fully saturated rings. The molecule has 5 rings (SSSR count). The third-order valence-corrected chi connectivity index (χ3v) is 8.78. The van der Waals surface area contributed by atoms with E-state index < -0.39 is 35.4 Å². The number of hydrogen-bond acceptors (Lipinski definition) is 7. The van der Waals surface area contributed by atoms with Gasteiger partial charge in [-0.3, -0.25) is 14.7 Å². The average Bonchev–Trinajstić information content (AvgIpc) is 3.62. The lowest BCUT2D eigenvalue weighted by atomic mass is 9.83. The Hall–Kier alpha value is -4.51. The second-order valence-electron chi connectivity index (χ2n) is 13.5. The van der Waals surface area contributed by atoms with Crippen LogP contribution in [0.3, 0.4) is 0 Å². The van der Waals surface area contributed by atoms with E-state index >= 15 is 0 Å². The third kappa shape index (κ3) is 8.39. The van der Waals surface area contributed by atoms with E-state index in [1.165, 1.54) is 23.0 Å². The van der Waals surface area contributed by atoms with Crippen molar-refractivity contribution in [2.45, 2.75) is 96.9 Å². The highest BCUT2D eigenvalue weighted by Gasteiger charge is 2.32. The van der Waals surface area contributed by atoms with Gasteiger partial charge in [0.2, 0.25) is 12.3 Å². The molecule has 0 amide bonds. The molecule has 2 heterocycles. The van der Waals surface area contributed by atoms with Gasteiger partial charge in [-0.1, -0.05) is 6.07 Å². The Morgan fingerprint density at radius 3 is 2.41 bits per heavy atom. The van der Waals surface area contributed by atoms with E-state index in [4.69, 9.17) is 4.74 Å². The molecule has 4 aromatic rings. The summed E-state index contributed by atoms with van der Waals surface area (Å²) in [6.45, 7) is 7.21. The van der Waals surface area contributed by atoms with Crippen LogP contribution in [0.1, 0.15) is 87.3 Å². The minimum absolute atomic E-state index is 0.0158. The SMILES string of the molecule is Cc1c(-c2ccnn2-c2ccc(C#N)cc2)n(C(=O)CCCC2CCC(NC(O)OC(C)(C)C)CC2)c(=O)n1-c1cccc(C(F)(F)F)c1. The summed E-state index contributed by atoms with van der Waals surface area (Å²) in [7, 11) is 0. The predicted molar refractivity (Wildman–Crippen MR) is 177 cm³/mol. The summed E-state index contributed by atoms with van der Waals surface area (Å²) in [5.41, 5.74) is -0.290. The van der Waals surface area contributed by atoms with Crippen LogP contribution in [0, 0.1) is 24.2 Å². The summed E-state index contributed by atoms with van der Waals surface area (Å²) < 4.78 is 50.2. The minimum atomic E-state index is -4.63. The molecule has 0 radical (unpaired) electrons. The molecule has 1 saturated carbocycles. The number of hydrogen-bond donors (Lipinski definition) is 2. The van der Waals surface area contributed by atoms with Crippen molar-refractivity contribution in [2.75, 3.05) is 0 Å². The summed E-state index contributed by atoms with van der Waals surface area (Å²) in [5, 5.41) is 27.0. The first-order valence-electron chi connectivity index (χ1n) is 16.4. The topological polar surface area (TPSA) is 127 Å². The number of nitriles is 1. The molecule has 0 aliphatic heterocycles. The molecule has 13 heteroatoms. The highest BCUT2D eigenvalue weighted by Crippen LogP contribution is 2.33. The first-order valence-corrected chi connectivity index (χ1v) is 16.4. The van der Waals surface area contributed by atoms with E-state index in [0.29, 0.717) is 29.3 Å². The van der Waals surface area contributed by atoms with Gasteiger partial charge in [-0.15, -0.1) is 0 Å². The lowest BCUT2D eigenvalue weighted by Crippen LogP contribution is -2.45. The lowest BCUT2D eigenvalue weighted by molar-refractivity contribution is -0.186. The maximum atomic E-state index is 14.0. The number of nitrogens with one attached hydrogen (secondary N) is 1. The quantitative estimate of drug-likeness (QED) is 0.178. The zero-order chi connectivity index (χ0) is 35.5. The van der Waals surface area contributed by atoms with Crippen LogP contribution in [0.5, 0.6) is 0 Å². The highest BCUT2D eigenvalue weighted by molar-refractivity contribution is 5.84. The molecule has 1 unspecified atom stereocenters. The summed E-state index contributed by atoms with van der Waals surface area (Å²) >= 11 is 0. The fourth-order valence-electron chi connectivity index (χ4n) is 6.47. The van der Waals surface area contributed by atoms with Crippen molar-refractivity contribution in [1.82, 2.24) is 24.2 Å². The standard InChI is InChI=1S/C36H41F3N6O4/c1-23-32(30-19-20-41-45(30)28-17-13-25(22-40)14-18-28)44(34(48)43(23)29-9-6-8-26(21-29)36(37,38)39)31(46)10-5-7-24-11-15-27(16-12-24)42-33(47)49-35(2,3)4/h6,8-9,13-14,17-21,24,27,33,42,47H,5,7,10-12,15-16H2,1-4H3. The van der Waals surface area contributed by atoms with Crippen molar-refractivity contribution in [1.29, 1.82) is 5.26 Å². The fourth-order valence-corrected chi connectivity index (χ4v) is 6.47. The van der Waals surface area contributed by atoms with Crippen molar-refractivity contribution in [3.8, 4) is 28.8 Å². The van der Waals surface area contributed by atoms with Gasteiger partial charge in [0, 0.05) is 12.5 Å². The van der Waals surface area contributed by atoms with E-state index in [0.717, 1.165) is 53.4 Å². The number of benzene rings is 2. The Bertz CT molecular complexity index is 1870. The molecule has 49 heavy (non-hydrogen) atoms. The third-order valence-electron chi connectivity index (χ3n) is 8.78. The van der Waals surface area contributed by atoms with E-state index in [9.17, 15) is 33.1 Å². The number of halogens is 3. The number of carbonyl (C=O) groups excluding carboxylic acids is 1. The van der Waals surface area contributed by atoms with Crippen molar-refractivity contribution < 1.29 is 27.8 Å². The molecular formula is C36H41F3N6O4. The molecule has 1 aliphatic carbocycles.